The fourth-order valence-electron chi connectivity index (χ4n) is 2.35. The molecule has 1 atom stereocenters. The van der Waals surface area contributed by atoms with Crippen LogP contribution in [0.3, 0.4) is 0 Å². The summed E-state index contributed by atoms with van der Waals surface area (Å²) in [6.07, 6.45) is -0.0564. The van der Waals surface area contributed by atoms with Crippen LogP contribution < -0.4 is 15.5 Å². The van der Waals surface area contributed by atoms with Crippen LogP contribution in [-0.4, -0.2) is 45.8 Å². The van der Waals surface area contributed by atoms with Gasteiger partial charge in [-0.2, -0.15) is 0 Å². The number of methoxy groups -OCH3 is 1. The molecule has 1 aromatic carbocycles. The second-order valence-electron chi connectivity index (χ2n) is 4.90. The number of hydrogen-bond donors (Lipinski definition) is 1. The Kier molecular flexibility index (Phi) is 8.70. The smallest absolute Gasteiger partial charge is 0.229 e. The highest BCUT2D eigenvalue weighted by Gasteiger charge is 2.26. The molecule has 2 rings (SSSR count). The van der Waals surface area contributed by atoms with E-state index in [1.54, 1.807) is 11.0 Å². The van der Waals surface area contributed by atoms with Crippen molar-refractivity contribution in [2.75, 3.05) is 43.6 Å². The van der Waals surface area contributed by atoms with Crippen LogP contribution in [-0.2, 0) is 9.53 Å². The van der Waals surface area contributed by atoms with E-state index in [1.807, 2.05) is 11.9 Å². The van der Waals surface area contributed by atoms with Crippen molar-refractivity contribution in [3.05, 3.63) is 24.0 Å². The first-order chi connectivity index (χ1) is 9.56. The molecular formula is C14H22Cl2FN3O2. The molecule has 0 aliphatic carbocycles. The summed E-state index contributed by atoms with van der Waals surface area (Å²) in [4.78, 5) is 16.0. The first-order valence-corrected chi connectivity index (χ1v) is 6.60. The van der Waals surface area contributed by atoms with Crippen molar-refractivity contribution in [1.82, 2.24) is 0 Å². The van der Waals surface area contributed by atoms with E-state index in [0.29, 0.717) is 19.6 Å². The zero-order chi connectivity index (χ0) is 14.7. The van der Waals surface area contributed by atoms with E-state index in [4.69, 9.17) is 10.5 Å². The molecule has 8 heteroatoms. The zero-order valence-corrected chi connectivity index (χ0v) is 14.3. The summed E-state index contributed by atoms with van der Waals surface area (Å²) in [5.41, 5.74) is 7.01. The third-order valence-corrected chi connectivity index (χ3v) is 3.60. The van der Waals surface area contributed by atoms with Gasteiger partial charge in [0.15, 0.2) is 0 Å². The summed E-state index contributed by atoms with van der Waals surface area (Å²) in [6.45, 7) is 1.55. The predicted molar refractivity (Wildman–Crippen MR) is 91.0 cm³/mol. The number of benzene rings is 1. The number of amides is 1. The molecule has 0 fully saturated rings. The summed E-state index contributed by atoms with van der Waals surface area (Å²) in [5.74, 6) is -0.357. The molecule has 2 N–H and O–H groups in total. The molecule has 126 valence electrons. The van der Waals surface area contributed by atoms with Crippen LogP contribution in [0.5, 0.6) is 0 Å². The van der Waals surface area contributed by atoms with Gasteiger partial charge >= 0.3 is 0 Å². The molecule has 5 nitrogen and oxygen atoms in total. The number of likely N-dealkylation sites (N-methyl/N-ethyl adjacent to an activating group) is 1. The van der Waals surface area contributed by atoms with Crippen molar-refractivity contribution >= 4 is 42.1 Å². The van der Waals surface area contributed by atoms with Gasteiger partial charge in [0.25, 0.3) is 0 Å². The van der Waals surface area contributed by atoms with Gasteiger partial charge in [0.1, 0.15) is 5.82 Å². The van der Waals surface area contributed by atoms with Gasteiger partial charge in [-0.1, -0.05) is 0 Å². The summed E-state index contributed by atoms with van der Waals surface area (Å²) in [6, 6.07) is 4.46. The average molecular weight is 354 g/mol. The minimum absolute atomic E-state index is 0. The molecule has 1 heterocycles. The third kappa shape index (κ3) is 4.46. The highest BCUT2D eigenvalue weighted by atomic mass is 35.5. The monoisotopic (exact) mass is 353 g/mol. The minimum atomic E-state index is -0.304. The van der Waals surface area contributed by atoms with Gasteiger partial charge in [0.05, 0.1) is 23.9 Å². The molecule has 0 bridgehead atoms. The second-order valence-corrected chi connectivity index (χ2v) is 4.90. The van der Waals surface area contributed by atoms with Gasteiger partial charge < -0.3 is 20.3 Å². The quantitative estimate of drug-likeness (QED) is 0.896. The third-order valence-electron chi connectivity index (χ3n) is 3.60. The maximum Gasteiger partial charge on any atom is 0.229 e. The fraction of sp³-hybridized carbons (Fsp3) is 0.500. The number of nitrogens with two attached hydrogens (primary N) is 1. The van der Waals surface area contributed by atoms with Gasteiger partial charge in [0.2, 0.25) is 5.91 Å². The first kappa shape index (κ1) is 20.9. The summed E-state index contributed by atoms with van der Waals surface area (Å²) < 4.78 is 18.5. The highest BCUT2D eigenvalue weighted by Crippen LogP contribution is 2.33. The number of ether oxygens (including phenoxy) is 1. The average Bonchev–Trinajstić information content (AvgIpc) is 2.45. The van der Waals surface area contributed by atoms with Crippen molar-refractivity contribution in [2.24, 2.45) is 5.73 Å². The van der Waals surface area contributed by atoms with Crippen LogP contribution in [0.4, 0.5) is 15.8 Å². The molecule has 1 aromatic rings. The Balaban J connectivity index is 0.00000220. The number of hydrogen-bond acceptors (Lipinski definition) is 4. The summed E-state index contributed by atoms with van der Waals surface area (Å²) >= 11 is 0. The maximum absolute atomic E-state index is 13.3. The van der Waals surface area contributed by atoms with E-state index < -0.39 is 0 Å². The standard InChI is InChI=1S/C14H20FN3O2.2ClH/c1-17-5-6-18(14(19)8-11(9-16)20-2)12-4-3-10(15)7-13(12)17;;/h3-4,7,11H,5-6,8-9,16H2,1-2H3;2*1H. The van der Waals surface area contributed by atoms with E-state index in [0.717, 1.165) is 11.4 Å². The van der Waals surface area contributed by atoms with E-state index in [9.17, 15) is 9.18 Å². The Hall–Kier alpha value is -1.08. The number of carbonyl (C=O) groups excluding carboxylic acids is 1. The van der Waals surface area contributed by atoms with Crippen molar-refractivity contribution < 1.29 is 13.9 Å². The molecule has 0 spiro atoms. The minimum Gasteiger partial charge on any atom is -0.380 e. The number of fused-ring (bicyclic) bond motifs is 1. The van der Waals surface area contributed by atoms with Crippen molar-refractivity contribution in [3.63, 3.8) is 0 Å². The van der Waals surface area contributed by atoms with Gasteiger partial charge in [-0.3, -0.25) is 4.79 Å². The van der Waals surface area contributed by atoms with Gasteiger partial charge in [-0.05, 0) is 18.2 Å². The molecule has 0 radical (unpaired) electrons. The summed E-state index contributed by atoms with van der Waals surface area (Å²) in [7, 11) is 3.43. The second kappa shape index (κ2) is 9.15. The topological polar surface area (TPSA) is 58.8 Å². The number of carbonyl (C=O) groups is 1. The Morgan fingerprint density at radius 2 is 2.05 bits per heavy atom. The normalized spacial score (nSPS) is 14.5. The fourth-order valence-corrected chi connectivity index (χ4v) is 2.35. The van der Waals surface area contributed by atoms with Crippen LogP contribution in [0.25, 0.3) is 0 Å². The Morgan fingerprint density at radius 3 is 2.64 bits per heavy atom. The van der Waals surface area contributed by atoms with Crippen LogP contribution in [0.15, 0.2) is 18.2 Å². The number of halogens is 3. The number of anilines is 2. The summed E-state index contributed by atoms with van der Waals surface area (Å²) in [5, 5.41) is 0. The maximum atomic E-state index is 13.3. The highest BCUT2D eigenvalue weighted by molar-refractivity contribution is 5.98. The Bertz CT molecular complexity index is 501. The lowest BCUT2D eigenvalue weighted by Crippen LogP contribution is -2.44. The van der Waals surface area contributed by atoms with Crippen LogP contribution >= 0.6 is 24.8 Å². The molecule has 1 aliphatic heterocycles. The largest absolute Gasteiger partial charge is 0.380 e. The van der Waals surface area contributed by atoms with Crippen LogP contribution in [0.1, 0.15) is 6.42 Å². The Labute approximate surface area is 142 Å². The van der Waals surface area contributed by atoms with E-state index in [-0.39, 0.29) is 49.1 Å². The molecule has 0 aromatic heterocycles. The SMILES string of the molecule is COC(CN)CC(=O)N1CCN(C)c2cc(F)ccc21.Cl.Cl. The Morgan fingerprint density at radius 1 is 1.36 bits per heavy atom. The first-order valence-electron chi connectivity index (χ1n) is 6.60. The van der Waals surface area contributed by atoms with Gasteiger partial charge in [0, 0.05) is 33.8 Å². The molecule has 1 aliphatic rings. The van der Waals surface area contributed by atoms with Gasteiger partial charge in [-0.25, -0.2) is 4.39 Å². The van der Waals surface area contributed by atoms with Gasteiger partial charge in [-0.15, -0.1) is 24.8 Å². The number of nitrogens with zero attached hydrogens (tertiary/aromatic N) is 2. The van der Waals surface area contributed by atoms with E-state index >= 15 is 0 Å². The number of rotatable bonds is 4. The van der Waals surface area contributed by atoms with Crippen molar-refractivity contribution in [2.45, 2.75) is 12.5 Å². The van der Waals surface area contributed by atoms with Crippen LogP contribution in [0.2, 0.25) is 0 Å². The molecule has 1 unspecified atom stereocenters. The van der Waals surface area contributed by atoms with E-state index in [1.165, 1.54) is 19.2 Å². The zero-order valence-electron chi connectivity index (χ0n) is 12.6. The van der Waals surface area contributed by atoms with E-state index in [2.05, 4.69) is 0 Å². The molecule has 22 heavy (non-hydrogen) atoms. The lowest BCUT2D eigenvalue weighted by Gasteiger charge is -2.36. The lowest BCUT2D eigenvalue weighted by molar-refractivity contribution is -0.120. The molecular weight excluding hydrogens is 332 g/mol. The lowest BCUT2D eigenvalue weighted by atomic mass is 10.1. The van der Waals surface area contributed by atoms with Crippen LogP contribution in [0, 0.1) is 5.82 Å². The van der Waals surface area contributed by atoms with Crippen molar-refractivity contribution in [1.29, 1.82) is 0 Å². The predicted octanol–water partition coefficient (Wildman–Crippen LogP) is 1.82. The molecule has 0 saturated carbocycles. The van der Waals surface area contributed by atoms with Crippen molar-refractivity contribution in [3.8, 4) is 0 Å². The molecule has 1 amide bonds. The molecule has 0 saturated heterocycles.